The monoisotopic (exact) mass is 387 g/mol. The van der Waals surface area contributed by atoms with Crippen molar-refractivity contribution < 1.29 is 19.0 Å². The van der Waals surface area contributed by atoms with Crippen LogP contribution in [0, 0.1) is 10.1 Å². The van der Waals surface area contributed by atoms with Gasteiger partial charge < -0.3 is 14.6 Å². The summed E-state index contributed by atoms with van der Waals surface area (Å²) in [6, 6.07) is 12.9. The van der Waals surface area contributed by atoms with Crippen LogP contribution in [0.2, 0.25) is 5.02 Å². The Bertz CT molecular complexity index is 1000. The maximum Gasteiger partial charge on any atom is 0.289 e. The maximum atomic E-state index is 12.2. The van der Waals surface area contributed by atoms with Crippen molar-refractivity contribution in [3.63, 3.8) is 0 Å². The number of nitro benzene ring substituents is 1. The molecule has 3 rings (SSSR count). The molecule has 2 aromatic carbocycles. The Balaban J connectivity index is 1.69. The second kappa shape index (κ2) is 7.88. The molecule has 1 heterocycles. The summed E-state index contributed by atoms with van der Waals surface area (Å²) in [6.45, 7) is 0. The molecule has 0 saturated heterocycles. The number of nitro groups is 1. The molecule has 0 radical (unpaired) electrons. The van der Waals surface area contributed by atoms with E-state index in [-0.39, 0.29) is 22.8 Å². The summed E-state index contributed by atoms with van der Waals surface area (Å²) in [5.41, 5.74) is 1.18. The Morgan fingerprint density at radius 1 is 1.30 bits per heavy atom. The minimum atomic E-state index is -0.615. The van der Waals surface area contributed by atoms with Gasteiger partial charge in [0.05, 0.1) is 24.1 Å². The summed E-state index contributed by atoms with van der Waals surface area (Å²) in [4.78, 5) is 22.5. The fraction of sp³-hybridized carbons (Fsp3) is 0.111. The van der Waals surface area contributed by atoms with Crippen molar-refractivity contribution in [1.29, 1.82) is 0 Å². The van der Waals surface area contributed by atoms with Crippen LogP contribution in [-0.2, 0) is 11.2 Å². The Labute approximate surface area is 158 Å². The van der Waals surface area contributed by atoms with E-state index in [9.17, 15) is 14.9 Å². The number of nitrogens with zero attached hydrogens (tertiary/aromatic N) is 2. The van der Waals surface area contributed by atoms with E-state index in [2.05, 4.69) is 10.5 Å². The minimum Gasteiger partial charge on any atom is -0.497 e. The van der Waals surface area contributed by atoms with Gasteiger partial charge in [-0.05, 0) is 24.3 Å². The van der Waals surface area contributed by atoms with Crippen LogP contribution < -0.4 is 10.1 Å². The van der Waals surface area contributed by atoms with Gasteiger partial charge in [0.1, 0.15) is 10.8 Å². The topological polar surface area (TPSA) is 108 Å². The molecule has 1 N–H and O–H groups in total. The fourth-order valence-corrected chi connectivity index (χ4v) is 2.59. The van der Waals surface area contributed by atoms with Crippen LogP contribution in [0.3, 0.4) is 0 Å². The smallest absolute Gasteiger partial charge is 0.289 e. The van der Waals surface area contributed by atoms with Crippen LogP contribution in [0.25, 0.3) is 11.3 Å². The van der Waals surface area contributed by atoms with Crippen molar-refractivity contribution in [3.8, 4) is 17.1 Å². The van der Waals surface area contributed by atoms with E-state index >= 15 is 0 Å². The van der Waals surface area contributed by atoms with Gasteiger partial charge in [0.2, 0.25) is 5.91 Å². The highest BCUT2D eigenvalue weighted by Crippen LogP contribution is 2.28. The molecule has 0 atom stereocenters. The number of amides is 1. The number of carbonyl (C=O) groups is 1. The van der Waals surface area contributed by atoms with E-state index < -0.39 is 10.8 Å². The molecule has 0 aliphatic rings. The van der Waals surface area contributed by atoms with Gasteiger partial charge in [0.25, 0.3) is 5.69 Å². The van der Waals surface area contributed by atoms with E-state index in [0.717, 1.165) is 5.56 Å². The zero-order chi connectivity index (χ0) is 19.4. The lowest BCUT2D eigenvalue weighted by atomic mass is 10.1. The average Bonchev–Trinajstić information content (AvgIpc) is 3.11. The van der Waals surface area contributed by atoms with E-state index in [1.165, 1.54) is 18.2 Å². The number of benzene rings is 2. The first-order valence-corrected chi connectivity index (χ1v) is 8.18. The third kappa shape index (κ3) is 4.42. The molecular formula is C18H14ClN3O5. The molecule has 1 amide bonds. The molecule has 8 nitrogen and oxygen atoms in total. The summed E-state index contributed by atoms with van der Waals surface area (Å²) >= 11 is 5.75. The van der Waals surface area contributed by atoms with Crippen LogP contribution >= 0.6 is 11.6 Å². The van der Waals surface area contributed by atoms with Crippen molar-refractivity contribution in [2.45, 2.75) is 6.42 Å². The van der Waals surface area contributed by atoms with Gasteiger partial charge in [-0.3, -0.25) is 14.9 Å². The molecule has 9 heteroatoms. The highest BCUT2D eigenvalue weighted by molar-refractivity contribution is 6.32. The number of ether oxygens (including phenoxy) is 1. The number of rotatable bonds is 6. The van der Waals surface area contributed by atoms with Crippen LogP contribution in [0.1, 0.15) is 5.69 Å². The number of carbonyl (C=O) groups excluding carboxylic acids is 1. The third-order valence-electron chi connectivity index (χ3n) is 3.68. The number of halogens is 1. The van der Waals surface area contributed by atoms with Gasteiger partial charge in [-0.2, -0.15) is 0 Å². The molecule has 0 fully saturated rings. The first kappa shape index (κ1) is 18.4. The molecule has 1 aromatic heterocycles. The first-order valence-electron chi connectivity index (χ1n) is 7.80. The van der Waals surface area contributed by atoms with Gasteiger partial charge in [0, 0.05) is 23.4 Å². The Morgan fingerprint density at radius 3 is 2.85 bits per heavy atom. The van der Waals surface area contributed by atoms with E-state index in [1.807, 2.05) is 12.1 Å². The van der Waals surface area contributed by atoms with E-state index in [4.69, 9.17) is 20.9 Å². The molecule has 0 bridgehead atoms. The fourth-order valence-electron chi connectivity index (χ4n) is 2.41. The lowest BCUT2D eigenvalue weighted by Gasteiger charge is -2.04. The van der Waals surface area contributed by atoms with Crippen molar-refractivity contribution in [3.05, 3.63) is 69.4 Å². The summed E-state index contributed by atoms with van der Waals surface area (Å²) in [5, 5.41) is 17.4. The van der Waals surface area contributed by atoms with Crippen molar-refractivity contribution >= 4 is 28.9 Å². The second-order valence-electron chi connectivity index (χ2n) is 5.56. The summed E-state index contributed by atoms with van der Waals surface area (Å²) in [5.74, 6) is 0.781. The van der Waals surface area contributed by atoms with Crippen molar-refractivity contribution in [2.75, 3.05) is 12.4 Å². The normalized spacial score (nSPS) is 10.4. The lowest BCUT2D eigenvalue weighted by Crippen LogP contribution is -2.14. The number of hydrogen-bond acceptors (Lipinski definition) is 6. The van der Waals surface area contributed by atoms with Gasteiger partial charge in [0.15, 0.2) is 5.76 Å². The molecule has 27 heavy (non-hydrogen) atoms. The Kier molecular flexibility index (Phi) is 5.37. The predicted octanol–water partition coefficient (Wildman–Crippen LogP) is 4.09. The molecule has 0 spiro atoms. The molecule has 3 aromatic rings. The Morgan fingerprint density at radius 2 is 2.11 bits per heavy atom. The quantitative estimate of drug-likeness (QED) is 0.504. The summed E-state index contributed by atoms with van der Waals surface area (Å²) in [7, 11) is 1.57. The van der Waals surface area contributed by atoms with Gasteiger partial charge in [-0.25, -0.2) is 0 Å². The van der Waals surface area contributed by atoms with Gasteiger partial charge >= 0.3 is 0 Å². The molecule has 0 saturated carbocycles. The van der Waals surface area contributed by atoms with Crippen LogP contribution in [0.5, 0.6) is 5.75 Å². The predicted molar refractivity (Wildman–Crippen MR) is 98.9 cm³/mol. The zero-order valence-electron chi connectivity index (χ0n) is 14.1. The van der Waals surface area contributed by atoms with Gasteiger partial charge in [-0.15, -0.1) is 0 Å². The van der Waals surface area contributed by atoms with Crippen LogP contribution in [0.4, 0.5) is 11.4 Å². The van der Waals surface area contributed by atoms with E-state index in [1.54, 1.807) is 25.3 Å². The SMILES string of the molecule is COc1cccc(-c2cc(CC(=O)Nc3ccc(Cl)c([N+](=O)[O-])c3)no2)c1. The average molecular weight is 388 g/mol. The van der Waals surface area contributed by atoms with Crippen LogP contribution in [-0.4, -0.2) is 23.1 Å². The van der Waals surface area contributed by atoms with Gasteiger partial charge in [-0.1, -0.05) is 28.9 Å². The largest absolute Gasteiger partial charge is 0.497 e. The first-order chi connectivity index (χ1) is 13.0. The number of hydrogen-bond donors (Lipinski definition) is 1. The molecule has 138 valence electrons. The summed E-state index contributed by atoms with van der Waals surface area (Å²) in [6.07, 6.45) is -0.0517. The summed E-state index contributed by atoms with van der Waals surface area (Å²) < 4.78 is 10.4. The highest BCUT2D eigenvalue weighted by Gasteiger charge is 2.15. The van der Waals surface area contributed by atoms with Crippen molar-refractivity contribution in [1.82, 2.24) is 5.16 Å². The second-order valence-corrected chi connectivity index (χ2v) is 5.97. The number of nitrogens with one attached hydrogen (secondary N) is 1. The third-order valence-corrected chi connectivity index (χ3v) is 4.00. The standard InChI is InChI=1S/C18H14ClN3O5/c1-26-14-4-2-3-11(7-14)17-9-13(21-27-17)10-18(23)20-12-5-6-15(19)16(8-12)22(24)25/h2-9H,10H2,1H3,(H,20,23). The zero-order valence-corrected chi connectivity index (χ0v) is 14.9. The van der Waals surface area contributed by atoms with Crippen molar-refractivity contribution in [2.24, 2.45) is 0 Å². The molecule has 0 aliphatic heterocycles. The maximum absolute atomic E-state index is 12.2. The number of methoxy groups -OCH3 is 1. The molecule has 0 unspecified atom stereocenters. The van der Waals surface area contributed by atoms with Crippen LogP contribution in [0.15, 0.2) is 53.1 Å². The Hall–Kier alpha value is -3.39. The number of anilines is 1. The molecular weight excluding hydrogens is 374 g/mol. The minimum absolute atomic E-state index is 0.00238. The lowest BCUT2D eigenvalue weighted by molar-refractivity contribution is -0.384. The van der Waals surface area contributed by atoms with E-state index in [0.29, 0.717) is 17.2 Å². The molecule has 0 aliphatic carbocycles. The number of aromatic nitrogens is 1. The highest BCUT2D eigenvalue weighted by atomic mass is 35.5.